The summed E-state index contributed by atoms with van der Waals surface area (Å²) in [5, 5.41) is 3.72. The van der Waals surface area contributed by atoms with Gasteiger partial charge in [0.25, 0.3) is 0 Å². The molecule has 0 bridgehead atoms. The van der Waals surface area contributed by atoms with Crippen molar-refractivity contribution in [3.05, 3.63) is 235 Å². The molecule has 4 aromatic heterocycles. The van der Waals surface area contributed by atoms with Crippen molar-refractivity contribution >= 4 is 49.3 Å². The van der Waals surface area contributed by atoms with E-state index >= 15 is 13.2 Å². The van der Waals surface area contributed by atoms with E-state index in [9.17, 15) is 6.57 Å². The first kappa shape index (κ1) is 41.4. The molecule has 0 N–H and O–H groups in total. The highest BCUT2D eigenvalue weighted by atomic mass is 19.4. The molecule has 0 unspecified atom stereocenters. The lowest BCUT2D eigenvalue weighted by Crippen LogP contribution is -2.10. The number of aromatic nitrogens is 4. The fourth-order valence-corrected chi connectivity index (χ4v) is 10.3. The van der Waals surface area contributed by atoms with Crippen molar-refractivity contribution < 1.29 is 13.2 Å². The predicted molar refractivity (Wildman–Crippen MR) is 274 cm³/mol. The maximum absolute atomic E-state index is 15.4. The minimum Gasteiger partial charge on any atom is -0.319 e. The Bertz CT molecular complexity index is 4030. The second-order valence-corrected chi connectivity index (χ2v) is 17.1. The number of nitrogens with zero attached hydrogens (tertiary/aromatic N) is 5. The molecule has 12 aromatic rings. The van der Waals surface area contributed by atoms with Gasteiger partial charge in [-0.05, 0) is 83.3 Å². The monoisotopic (exact) mass is 897 g/mol. The Morgan fingerprint density at radius 3 is 1.51 bits per heavy atom. The van der Waals surface area contributed by atoms with Gasteiger partial charge in [-0.1, -0.05) is 152 Å². The van der Waals surface area contributed by atoms with Crippen LogP contribution in [-0.4, -0.2) is 19.1 Å². The average Bonchev–Trinajstić information content (AvgIpc) is 3.90. The molecular weight excluding hydrogens is 860 g/mol. The van der Waals surface area contributed by atoms with Gasteiger partial charge in [0.15, 0.2) is 0 Å². The van der Waals surface area contributed by atoms with Gasteiger partial charge >= 0.3 is 6.18 Å². The first-order chi connectivity index (χ1) is 33.8. The van der Waals surface area contributed by atoms with Crippen LogP contribution in [0, 0.1) is 13.5 Å². The topological polar surface area (TPSA) is 40.0 Å². The molecule has 4 heterocycles. The summed E-state index contributed by atoms with van der Waals surface area (Å²) in [6.45, 7) is 10.9. The smallest absolute Gasteiger partial charge is 0.319 e. The van der Waals surface area contributed by atoms with E-state index in [1.807, 2.05) is 132 Å². The van der Waals surface area contributed by atoms with E-state index in [1.165, 1.54) is 6.07 Å². The first-order valence-corrected chi connectivity index (χ1v) is 22.6. The van der Waals surface area contributed by atoms with E-state index in [0.717, 1.165) is 94.4 Å². The van der Waals surface area contributed by atoms with Crippen LogP contribution in [-0.2, 0) is 6.18 Å². The van der Waals surface area contributed by atoms with Crippen LogP contribution in [0.1, 0.15) is 11.1 Å². The quantitative estimate of drug-likeness (QED) is 0.150. The zero-order valence-corrected chi connectivity index (χ0v) is 37.1. The molecule has 0 amide bonds. The van der Waals surface area contributed by atoms with Crippen molar-refractivity contribution in [1.29, 1.82) is 0 Å². The van der Waals surface area contributed by atoms with E-state index in [4.69, 9.17) is 9.97 Å². The molecular formula is C61H38F3N5. The molecule has 0 radical (unpaired) electrons. The minimum atomic E-state index is -4.69. The zero-order chi connectivity index (χ0) is 46.8. The van der Waals surface area contributed by atoms with Gasteiger partial charge in [-0.3, -0.25) is 9.97 Å². The third kappa shape index (κ3) is 6.78. The molecule has 0 saturated heterocycles. The third-order valence-corrected chi connectivity index (χ3v) is 13.2. The van der Waals surface area contributed by atoms with E-state index in [0.29, 0.717) is 22.5 Å². The maximum Gasteiger partial charge on any atom is 0.417 e. The summed E-state index contributed by atoms with van der Waals surface area (Å²) in [5.74, 6) is 0. The molecule has 12 rings (SSSR count). The van der Waals surface area contributed by atoms with Gasteiger partial charge in [0.2, 0.25) is 5.69 Å². The van der Waals surface area contributed by atoms with Crippen LogP contribution >= 0.6 is 0 Å². The van der Waals surface area contributed by atoms with Crippen molar-refractivity contribution in [3.63, 3.8) is 0 Å². The van der Waals surface area contributed by atoms with Crippen molar-refractivity contribution in [2.75, 3.05) is 0 Å². The Morgan fingerprint density at radius 1 is 0.449 bits per heavy atom. The second kappa shape index (κ2) is 16.4. The van der Waals surface area contributed by atoms with Crippen LogP contribution in [0.15, 0.2) is 213 Å². The molecule has 5 nitrogen and oxygen atoms in total. The van der Waals surface area contributed by atoms with Crippen molar-refractivity contribution in [1.82, 2.24) is 19.1 Å². The number of rotatable bonds is 7. The maximum atomic E-state index is 15.4. The number of para-hydroxylation sites is 2. The number of alkyl halides is 3. The second-order valence-electron chi connectivity index (χ2n) is 17.1. The van der Waals surface area contributed by atoms with Gasteiger partial charge < -0.3 is 9.13 Å². The number of halogens is 3. The number of aryl methyl sites for hydroxylation is 1. The predicted octanol–water partition coefficient (Wildman–Crippen LogP) is 16.9. The average molecular weight is 898 g/mol. The van der Waals surface area contributed by atoms with Crippen LogP contribution in [0.3, 0.4) is 0 Å². The molecule has 0 saturated carbocycles. The molecule has 8 aromatic carbocycles. The van der Waals surface area contributed by atoms with Crippen LogP contribution < -0.4 is 0 Å². The molecule has 69 heavy (non-hydrogen) atoms. The summed E-state index contributed by atoms with van der Waals surface area (Å²) >= 11 is 0. The fraction of sp³-hybridized carbons (Fsp3) is 0.0328. The Hall–Kier alpha value is -9.06. The van der Waals surface area contributed by atoms with Crippen molar-refractivity contribution in [2.45, 2.75) is 13.1 Å². The Morgan fingerprint density at radius 2 is 0.957 bits per heavy atom. The highest BCUT2D eigenvalue weighted by Gasteiger charge is 2.36. The van der Waals surface area contributed by atoms with Gasteiger partial charge in [-0.15, -0.1) is 0 Å². The summed E-state index contributed by atoms with van der Waals surface area (Å²) in [6, 6.07) is 64.4. The Balaban J connectivity index is 1.20. The summed E-state index contributed by atoms with van der Waals surface area (Å²) in [5.41, 5.74) is 11.4. The lowest BCUT2D eigenvalue weighted by Gasteiger charge is -2.23. The van der Waals surface area contributed by atoms with Gasteiger partial charge in [0.05, 0.1) is 57.0 Å². The normalized spacial score (nSPS) is 11.8. The lowest BCUT2D eigenvalue weighted by atomic mass is 9.92. The Labute approximate surface area is 395 Å². The first-order valence-electron chi connectivity index (χ1n) is 22.6. The van der Waals surface area contributed by atoms with Gasteiger partial charge in [-0.2, -0.15) is 13.2 Å². The third-order valence-electron chi connectivity index (χ3n) is 13.2. The highest BCUT2D eigenvalue weighted by molar-refractivity contribution is 6.14. The van der Waals surface area contributed by atoms with Crippen molar-refractivity contribution in [2.24, 2.45) is 0 Å². The summed E-state index contributed by atoms with van der Waals surface area (Å²) in [4.78, 5) is 14.0. The standard InChI is InChI=1S/C61H38F3N5/c1-38-16-13-25-50(61(62,63)64)56(38)49-32-33-53(68-51-26-11-9-21-45(51)47-30-28-41(36-54(47)68)43-23-14-34-66-57(43)39-17-5-3-6-18-39)59(65-2)60(49)69-52-27-12-10-22-46(52)48-31-29-42(37-55(48)69)44-24-15-35-67-58(44)40-19-7-4-8-20-40/h3-37H,1H3. The van der Waals surface area contributed by atoms with Crippen LogP contribution in [0.4, 0.5) is 18.9 Å². The molecule has 0 spiro atoms. The van der Waals surface area contributed by atoms with E-state index in [-0.39, 0.29) is 11.3 Å². The number of benzene rings is 8. The van der Waals surface area contributed by atoms with E-state index in [2.05, 4.69) is 57.9 Å². The lowest BCUT2D eigenvalue weighted by molar-refractivity contribution is -0.137. The van der Waals surface area contributed by atoms with E-state index in [1.54, 1.807) is 31.5 Å². The largest absolute Gasteiger partial charge is 0.417 e. The van der Waals surface area contributed by atoms with Crippen LogP contribution in [0.2, 0.25) is 0 Å². The molecule has 8 heteroatoms. The molecule has 0 fully saturated rings. The Kier molecular flexibility index (Phi) is 9.82. The van der Waals surface area contributed by atoms with Crippen LogP contribution in [0.5, 0.6) is 0 Å². The van der Waals surface area contributed by atoms with Crippen LogP contribution in [0.25, 0.3) is 116 Å². The summed E-state index contributed by atoms with van der Waals surface area (Å²) < 4.78 is 50.2. The zero-order valence-electron chi connectivity index (χ0n) is 37.1. The highest BCUT2D eigenvalue weighted by Crippen LogP contribution is 2.50. The van der Waals surface area contributed by atoms with Gasteiger partial charge in [0.1, 0.15) is 0 Å². The molecule has 0 aliphatic rings. The molecule has 0 aliphatic carbocycles. The summed E-state index contributed by atoms with van der Waals surface area (Å²) in [7, 11) is 0. The SMILES string of the molecule is [C-]#[N+]c1c(-n2c3ccccc3c3ccc(-c4cccnc4-c4ccccc4)cc32)ccc(-c2c(C)cccc2C(F)(F)F)c1-n1c2ccccc2c2ccc(-c3cccnc3-c3ccccc3)cc21. The minimum absolute atomic E-state index is 0.0201. The number of hydrogen-bond acceptors (Lipinski definition) is 2. The number of pyridine rings is 2. The molecule has 328 valence electrons. The van der Waals surface area contributed by atoms with Gasteiger partial charge in [0, 0.05) is 56.2 Å². The summed E-state index contributed by atoms with van der Waals surface area (Å²) in [6.07, 6.45) is -1.12. The van der Waals surface area contributed by atoms with Crippen molar-refractivity contribution in [3.8, 4) is 67.3 Å². The number of hydrogen-bond donors (Lipinski definition) is 0. The molecule has 0 atom stereocenters. The molecule has 0 aliphatic heterocycles. The number of fused-ring (bicyclic) bond motifs is 6. The fourth-order valence-electron chi connectivity index (χ4n) is 10.3. The van der Waals surface area contributed by atoms with Gasteiger partial charge in [-0.25, -0.2) is 4.85 Å². The van der Waals surface area contributed by atoms with E-state index < -0.39 is 11.7 Å².